The van der Waals surface area contributed by atoms with Gasteiger partial charge in [0.1, 0.15) is 5.82 Å². The first-order valence-electron chi connectivity index (χ1n) is 7.86. The maximum atomic E-state index is 13.0. The normalized spacial score (nSPS) is 12.3. The molecule has 3 N–H and O–H groups in total. The average Bonchev–Trinajstić information content (AvgIpc) is 2.46. The number of carbonyl (C=O) groups is 2. The summed E-state index contributed by atoms with van der Waals surface area (Å²) < 4.78 is 13.0. The molecule has 5 nitrogen and oxygen atoms in total. The van der Waals surface area contributed by atoms with Gasteiger partial charge in [-0.3, -0.25) is 10.1 Å². The van der Waals surface area contributed by atoms with Gasteiger partial charge in [-0.15, -0.1) is 0 Å². The number of imide groups is 1. The monoisotopic (exact) mass is 323 g/mol. The van der Waals surface area contributed by atoms with E-state index in [0.717, 1.165) is 5.56 Å². The fourth-order valence-electron chi connectivity index (χ4n) is 2.12. The van der Waals surface area contributed by atoms with Gasteiger partial charge in [0.2, 0.25) is 5.91 Å². The van der Waals surface area contributed by atoms with Crippen molar-refractivity contribution in [1.82, 2.24) is 16.0 Å². The summed E-state index contributed by atoms with van der Waals surface area (Å²) in [6.07, 6.45) is 0. The van der Waals surface area contributed by atoms with Crippen molar-refractivity contribution < 1.29 is 14.0 Å². The number of hydrogen-bond donors (Lipinski definition) is 3. The number of nitrogens with one attached hydrogen (secondary N) is 3. The van der Waals surface area contributed by atoms with E-state index in [4.69, 9.17) is 0 Å². The summed E-state index contributed by atoms with van der Waals surface area (Å²) in [5.41, 5.74) is 0.901. The van der Waals surface area contributed by atoms with Crippen LogP contribution in [0.15, 0.2) is 24.3 Å². The molecule has 0 aliphatic rings. The van der Waals surface area contributed by atoms with Crippen LogP contribution in [-0.4, -0.2) is 25.0 Å². The second-order valence-corrected chi connectivity index (χ2v) is 6.31. The van der Waals surface area contributed by atoms with E-state index in [1.165, 1.54) is 12.1 Å². The molecule has 1 atom stereocenters. The van der Waals surface area contributed by atoms with E-state index in [2.05, 4.69) is 16.0 Å². The van der Waals surface area contributed by atoms with Crippen LogP contribution in [0, 0.1) is 17.7 Å². The molecule has 0 saturated carbocycles. The van der Waals surface area contributed by atoms with Gasteiger partial charge in [0.15, 0.2) is 0 Å². The SMILES string of the molecule is CC(C)CNC(=O)NC(=O)CN[C@H](c1ccc(F)cc1)C(C)C. The summed E-state index contributed by atoms with van der Waals surface area (Å²) in [6, 6.07) is 5.59. The number of urea groups is 1. The van der Waals surface area contributed by atoms with Gasteiger partial charge in [-0.25, -0.2) is 9.18 Å². The molecule has 0 saturated heterocycles. The molecule has 0 unspecified atom stereocenters. The first-order chi connectivity index (χ1) is 10.8. The molecular formula is C17H26FN3O2. The Morgan fingerprint density at radius 1 is 1.09 bits per heavy atom. The second-order valence-electron chi connectivity index (χ2n) is 6.31. The molecule has 1 rings (SSSR count). The molecule has 0 bridgehead atoms. The van der Waals surface area contributed by atoms with Crippen molar-refractivity contribution in [1.29, 1.82) is 0 Å². The lowest BCUT2D eigenvalue weighted by Crippen LogP contribution is -2.45. The molecule has 1 aromatic carbocycles. The van der Waals surface area contributed by atoms with Crippen molar-refractivity contribution in [3.05, 3.63) is 35.6 Å². The van der Waals surface area contributed by atoms with Gasteiger partial charge in [0.05, 0.1) is 6.54 Å². The van der Waals surface area contributed by atoms with Gasteiger partial charge < -0.3 is 10.6 Å². The Bertz CT molecular complexity index is 515. The fraction of sp³-hybridized carbons (Fsp3) is 0.529. The van der Waals surface area contributed by atoms with Gasteiger partial charge in [0.25, 0.3) is 0 Å². The summed E-state index contributed by atoms with van der Waals surface area (Å²) >= 11 is 0. The highest BCUT2D eigenvalue weighted by molar-refractivity contribution is 5.95. The summed E-state index contributed by atoms with van der Waals surface area (Å²) in [4.78, 5) is 23.3. The predicted molar refractivity (Wildman–Crippen MR) is 88.4 cm³/mol. The number of halogens is 1. The molecular weight excluding hydrogens is 297 g/mol. The van der Waals surface area contributed by atoms with Crippen molar-refractivity contribution in [3.8, 4) is 0 Å². The zero-order valence-corrected chi connectivity index (χ0v) is 14.2. The topological polar surface area (TPSA) is 70.2 Å². The van der Waals surface area contributed by atoms with Gasteiger partial charge in [0, 0.05) is 12.6 Å². The third-order valence-corrected chi connectivity index (χ3v) is 3.30. The van der Waals surface area contributed by atoms with Gasteiger partial charge >= 0.3 is 6.03 Å². The minimum atomic E-state index is -0.492. The van der Waals surface area contributed by atoms with Gasteiger partial charge in [-0.1, -0.05) is 39.8 Å². The summed E-state index contributed by atoms with van der Waals surface area (Å²) in [6.45, 7) is 8.48. The van der Waals surface area contributed by atoms with E-state index >= 15 is 0 Å². The largest absolute Gasteiger partial charge is 0.338 e. The Labute approximate surface area is 137 Å². The van der Waals surface area contributed by atoms with Crippen LogP contribution in [0.4, 0.5) is 9.18 Å². The zero-order chi connectivity index (χ0) is 17.4. The van der Waals surface area contributed by atoms with Crippen LogP contribution in [0.3, 0.4) is 0 Å². The maximum absolute atomic E-state index is 13.0. The van der Waals surface area contributed by atoms with Crippen LogP contribution in [0.2, 0.25) is 0 Å². The number of rotatable bonds is 7. The molecule has 0 aliphatic heterocycles. The van der Waals surface area contributed by atoms with Crippen LogP contribution < -0.4 is 16.0 Å². The quantitative estimate of drug-likeness (QED) is 0.722. The van der Waals surface area contributed by atoms with Crippen LogP contribution in [0.25, 0.3) is 0 Å². The third-order valence-electron chi connectivity index (χ3n) is 3.30. The second kappa shape index (κ2) is 9.25. The lowest BCUT2D eigenvalue weighted by atomic mass is 9.96. The minimum absolute atomic E-state index is 0.00925. The van der Waals surface area contributed by atoms with E-state index in [1.54, 1.807) is 12.1 Å². The Morgan fingerprint density at radius 3 is 2.22 bits per heavy atom. The molecule has 0 radical (unpaired) electrons. The summed E-state index contributed by atoms with van der Waals surface area (Å²) in [5.74, 6) is -0.171. The number of benzene rings is 1. The van der Waals surface area contributed by atoms with Crippen LogP contribution in [-0.2, 0) is 4.79 Å². The minimum Gasteiger partial charge on any atom is -0.338 e. The molecule has 0 aromatic heterocycles. The Kier molecular flexibility index (Phi) is 7.68. The van der Waals surface area contributed by atoms with E-state index in [1.807, 2.05) is 27.7 Å². The van der Waals surface area contributed by atoms with Crippen molar-refractivity contribution in [3.63, 3.8) is 0 Å². The smallest absolute Gasteiger partial charge is 0.321 e. The van der Waals surface area contributed by atoms with Crippen LogP contribution in [0.1, 0.15) is 39.3 Å². The van der Waals surface area contributed by atoms with E-state index < -0.39 is 11.9 Å². The molecule has 0 spiro atoms. The Hall–Kier alpha value is -1.95. The molecule has 0 heterocycles. The van der Waals surface area contributed by atoms with E-state index in [9.17, 15) is 14.0 Å². The van der Waals surface area contributed by atoms with Crippen LogP contribution in [0.5, 0.6) is 0 Å². The van der Waals surface area contributed by atoms with Gasteiger partial charge in [-0.2, -0.15) is 0 Å². The maximum Gasteiger partial charge on any atom is 0.321 e. The van der Waals surface area contributed by atoms with E-state index in [0.29, 0.717) is 12.5 Å². The zero-order valence-electron chi connectivity index (χ0n) is 14.2. The third kappa shape index (κ3) is 7.23. The highest BCUT2D eigenvalue weighted by atomic mass is 19.1. The van der Waals surface area contributed by atoms with E-state index in [-0.39, 0.29) is 24.3 Å². The summed E-state index contributed by atoms with van der Waals surface area (Å²) in [5, 5.41) is 8.01. The highest BCUT2D eigenvalue weighted by Gasteiger charge is 2.17. The number of hydrogen-bond acceptors (Lipinski definition) is 3. The van der Waals surface area contributed by atoms with Gasteiger partial charge in [-0.05, 0) is 29.5 Å². The van der Waals surface area contributed by atoms with Crippen molar-refractivity contribution >= 4 is 11.9 Å². The summed E-state index contributed by atoms with van der Waals surface area (Å²) in [7, 11) is 0. The Balaban J connectivity index is 2.50. The lowest BCUT2D eigenvalue weighted by molar-refractivity contribution is -0.119. The molecule has 0 aliphatic carbocycles. The van der Waals surface area contributed by atoms with Crippen molar-refractivity contribution in [2.75, 3.05) is 13.1 Å². The highest BCUT2D eigenvalue weighted by Crippen LogP contribution is 2.21. The first kappa shape index (κ1) is 19.1. The molecule has 23 heavy (non-hydrogen) atoms. The van der Waals surface area contributed by atoms with Crippen molar-refractivity contribution in [2.24, 2.45) is 11.8 Å². The fourth-order valence-corrected chi connectivity index (χ4v) is 2.12. The molecule has 6 heteroatoms. The molecule has 128 valence electrons. The standard InChI is InChI=1S/C17H26FN3O2/c1-11(2)9-20-17(23)21-15(22)10-19-16(12(3)4)13-5-7-14(18)8-6-13/h5-8,11-12,16,19H,9-10H2,1-4H3,(H2,20,21,22,23)/t16-/m0/s1. The van der Waals surface area contributed by atoms with Crippen LogP contribution >= 0.6 is 0 Å². The first-order valence-corrected chi connectivity index (χ1v) is 7.86. The molecule has 0 fully saturated rings. The Morgan fingerprint density at radius 2 is 1.70 bits per heavy atom. The molecule has 1 aromatic rings. The lowest BCUT2D eigenvalue weighted by Gasteiger charge is -2.22. The predicted octanol–water partition coefficient (Wildman–Crippen LogP) is 2.59. The molecule has 3 amide bonds. The number of carbonyl (C=O) groups excluding carboxylic acids is 2. The number of amides is 3. The average molecular weight is 323 g/mol. The van der Waals surface area contributed by atoms with Crippen molar-refractivity contribution in [2.45, 2.75) is 33.7 Å².